The molecule has 1 aromatic carbocycles. The van der Waals surface area contributed by atoms with Crippen LogP contribution in [-0.4, -0.2) is 72.3 Å². The van der Waals surface area contributed by atoms with Crippen LogP contribution in [-0.2, 0) is 16.0 Å². The Morgan fingerprint density at radius 1 is 1.09 bits per heavy atom. The van der Waals surface area contributed by atoms with Crippen LogP contribution in [0.25, 0.3) is 0 Å². The average Bonchev–Trinajstić information content (AvgIpc) is 2.85. The fourth-order valence-electron chi connectivity index (χ4n) is 6.02. The van der Waals surface area contributed by atoms with Gasteiger partial charge in [-0.25, -0.2) is 0 Å². The first-order chi connectivity index (χ1) is 16.4. The Balaban J connectivity index is 1.34. The second kappa shape index (κ2) is 11.1. The summed E-state index contributed by atoms with van der Waals surface area (Å²) in [7, 11) is 0. The number of amides is 2. The van der Waals surface area contributed by atoms with Crippen LogP contribution in [0.5, 0.6) is 0 Å². The van der Waals surface area contributed by atoms with Gasteiger partial charge in [-0.3, -0.25) is 14.5 Å². The molecule has 2 atom stereocenters. The van der Waals surface area contributed by atoms with Gasteiger partial charge < -0.3 is 9.80 Å². The fraction of sp³-hybridized carbons (Fsp3) is 0.655. The predicted molar refractivity (Wildman–Crippen MR) is 137 cm³/mol. The minimum absolute atomic E-state index is 0.222. The van der Waals surface area contributed by atoms with Gasteiger partial charge in [0.05, 0.1) is 6.42 Å². The Hall–Kier alpha value is -2.14. The van der Waals surface area contributed by atoms with Crippen molar-refractivity contribution in [2.45, 2.75) is 59.3 Å². The van der Waals surface area contributed by atoms with Crippen LogP contribution >= 0.6 is 0 Å². The SMILES string of the molecule is CCCCC(=O)N1CCN(CCN(CC2=CCC3CC2C3(C)C)C(=O)Cc2ccccc2)CC1. The van der Waals surface area contributed by atoms with Crippen LogP contribution in [0, 0.1) is 17.3 Å². The van der Waals surface area contributed by atoms with E-state index in [9.17, 15) is 9.59 Å². The molecule has 2 unspecified atom stereocenters. The molecule has 0 radical (unpaired) electrons. The van der Waals surface area contributed by atoms with Crippen molar-refractivity contribution in [2.24, 2.45) is 17.3 Å². The summed E-state index contributed by atoms with van der Waals surface area (Å²) in [5, 5.41) is 0. The van der Waals surface area contributed by atoms with E-state index in [0.717, 1.165) is 76.6 Å². The zero-order valence-corrected chi connectivity index (χ0v) is 21.5. The molecule has 1 aliphatic heterocycles. The molecular formula is C29H43N3O2. The molecule has 4 aliphatic rings. The van der Waals surface area contributed by atoms with Crippen LogP contribution < -0.4 is 0 Å². The Morgan fingerprint density at radius 3 is 2.47 bits per heavy atom. The summed E-state index contributed by atoms with van der Waals surface area (Å²) in [5.41, 5.74) is 2.93. The van der Waals surface area contributed by atoms with E-state index in [0.29, 0.717) is 30.1 Å². The zero-order valence-electron chi connectivity index (χ0n) is 21.5. The lowest BCUT2D eigenvalue weighted by Crippen LogP contribution is -2.52. The van der Waals surface area contributed by atoms with Gasteiger partial charge in [0, 0.05) is 52.2 Å². The van der Waals surface area contributed by atoms with E-state index in [-0.39, 0.29) is 5.91 Å². The first kappa shape index (κ1) is 25.0. The quantitative estimate of drug-likeness (QED) is 0.482. The number of benzene rings is 1. The van der Waals surface area contributed by atoms with Gasteiger partial charge in [0.15, 0.2) is 0 Å². The largest absolute Gasteiger partial charge is 0.340 e. The van der Waals surface area contributed by atoms with Crippen molar-refractivity contribution in [3.8, 4) is 0 Å². The highest BCUT2D eigenvalue weighted by atomic mass is 16.2. The van der Waals surface area contributed by atoms with Gasteiger partial charge in [0.1, 0.15) is 0 Å². The van der Waals surface area contributed by atoms with E-state index in [2.05, 4.69) is 36.6 Å². The Labute approximate surface area is 206 Å². The number of unbranched alkanes of at least 4 members (excludes halogenated alkanes) is 1. The van der Waals surface area contributed by atoms with Gasteiger partial charge in [0.2, 0.25) is 11.8 Å². The van der Waals surface area contributed by atoms with E-state index >= 15 is 0 Å². The van der Waals surface area contributed by atoms with Crippen molar-refractivity contribution in [1.82, 2.24) is 14.7 Å². The molecule has 0 spiro atoms. The topological polar surface area (TPSA) is 43.9 Å². The normalized spacial score (nSPS) is 23.7. The summed E-state index contributed by atoms with van der Waals surface area (Å²) in [5.74, 6) is 1.95. The van der Waals surface area contributed by atoms with E-state index < -0.39 is 0 Å². The van der Waals surface area contributed by atoms with Crippen molar-refractivity contribution < 1.29 is 9.59 Å². The lowest BCUT2D eigenvalue weighted by atomic mass is 9.49. The molecule has 0 aromatic heterocycles. The summed E-state index contributed by atoms with van der Waals surface area (Å²) in [6.45, 7) is 12.7. The van der Waals surface area contributed by atoms with Crippen molar-refractivity contribution >= 4 is 11.8 Å². The van der Waals surface area contributed by atoms with Crippen molar-refractivity contribution in [2.75, 3.05) is 45.8 Å². The standard InChI is InChI=1S/C29H43N3O2/c1-4-5-11-27(33)31-17-14-30(15-18-31)16-19-32(28(34)20-23-9-7-6-8-10-23)22-24-12-13-25-21-26(24)29(25,2)3/h6-10,12,25-26H,4-5,11,13-22H2,1-3H3. The summed E-state index contributed by atoms with van der Waals surface area (Å²) >= 11 is 0. The van der Waals surface area contributed by atoms with Gasteiger partial charge in [0.25, 0.3) is 0 Å². The molecule has 34 heavy (non-hydrogen) atoms. The maximum Gasteiger partial charge on any atom is 0.227 e. The Kier molecular flexibility index (Phi) is 8.13. The van der Waals surface area contributed by atoms with Crippen LogP contribution in [0.4, 0.5) is 0 Å². The van der Waals surface area contributed by atoms with E-state index in [4.69, 9.17) is 0 Å². The molecule has 1 heterocycles. The first-order valence-electron chi connectivity index (χ1n) is 13.4. The highest BCUT2D eigenvalue weighted by Crippen LogP contribution is 2.59. The summed E-state index contributed by atoms with van der Waals surface area (Å²) < 4.78 is 0. The third-order valence-corrected chi connectivity index (χ3v) is 8.66. The Morgan fingerprint density at radius 2 is 1.82 bits per heavy atom. The summed E-state index contributed by atoms with van der Waals surface area (Å²) in [4.78, 5) is 32.3. The number of piperazine rings is 1. The molecule has 0 N–H and O–H groups in total. The van der Waals surface area contributed by atoms with E-state index in [1.165, 1.54) is 12.0 Å². The molecule has 1 aromatic rings. The molecule has 3 aliphatic carbocycles. The van der Waals surface area contributed by atoms with Gasteiger partial charge in [-0.05, 0) is 42.1 Å². The minimum Gasteiger partial charge on any atom is -0.340 e. The molecule has 5 rings (SSSR count). The molecular weight excluding hydrogens is 422 g/mol. The minimum atomic E-state index is 0.222. The average molecular weight is 466 g/mol. The molecule has 1 saturated carbocycles. The number of nitrogens with zero attached hydrogens (tertiary/aromatic N) is 3. The molecule has 1 saturated heterocycles. The molecule has 5 nitrogen and oxygen atoms in total. The summed E-state index contributed by atoms with van der Waals surface area (Å²) in [6, 6.07) is 10.1. The second-order valence-corrected chi connectivity index (χ2v) is 11.1. The maximum atomic E-state index is 13.4. The van der Waals surface area contributed by atoms with Crippen molar-refractivity contribution in [1.29, 1.82) is 0 Å². The number of hydrogen-bond donors (Lipinski definition) is 0. The third kappa shape index (κ3) is 5.73. The number of carbonyl (C=O) groups is 2. The monoisotopic (exact) mass is 465 g/mol. The lowest BCUT2D eigenvalue weighted by Gasteiger charge is -2.57. The second-order valence-electron chi connectivity index (χ2n) is 11.1. The summed E-state index contributed by atoms with van der Waals surface area (Å²) in [6.07, 6.45) is 8.05. The third-order valence-electron chi connectivity index (χ3n) is 8.66. The number of rotatable bonds is 10. The molecule has 2 amide bonds. The predicted octanol–water partition coefficient (Wildman–Crippen LogP) is 4.38. The fourth-order valence-corrected chi connectivity index (χ4v) is 6.02. The molecule has 186 valence electrons. The molecule has 5 heteroatoms. The van der Waals surface area contributed by atoms with Gasteiger partial charge >= 0.3 is 0 Å². The molecule has 2 bridgehead atoms. The first-order valence-corrected chi connectivity index (χ1v) is 13.4. The van der Waals surface area contributed by atoms with Crippen molar-refractivity contribution in [3.05, 3.63) is 47.5 Å². The van der Waals surface area contributed by atoms with E-state index in [1.807, 2.05) is 35.2 Å². The zero-order chi connectivity index (χ0) is 24.1. The van der Waals surface area contributed by atoms with Crippen LogP contribution in [0.2, 0.25) is 0 Å². The van der Waals surface area contributed by atoms with Crippen LogP contribution in [0.15, 0.2) is 42.0 Å². The van der Waals surface area contributed by atoms with Gasteiger partial charge in [-0.15, -0.1) is 0 Å². The molecule has 2 fully saturated rings. The lowest BCUT2D eigenvalue weighted by molar-refractivity contribution is -0.133. The number of carbonyl (C=O) groups excluding carboxylic acids is 2. The number of allylic oxidation sites excluding steroid dienone is 1. The number of fused-ring (bicyclic) bond motifs is 1. The van der Waals surface area contributed by atoms with Crippen LogP contribution in [0.1, 0.15) is 58.4 Å². The van der Waals surface area contributed by atoms with E-state index in [1.54, 1.807) is 0 Å². The van der Waals surface area contributed by atoms with Gasteiger partial charge in [-0.1, -0.05) is 69.2 Å². The smallest absolute Gasteiger partial charge is 0.227 e. The Bertz CT molecular complexity index is 871. The van der Waals surface area contributed by atoms with Crippen LogP contribution in [0.3, 0.4) is 0 Å². The number of hydrogen-bond acceptors (Lipinski definition) is 3. The highest BCUT2D eigenvalue weighted by molar-refractivity contribution is 5.79. The van der Waals surface area contributed by atoms with Crippen molar-refractivity contribution in [3.63, 3.8) is 0 Å². The maximum absolute atomic E-state index is 13.4. The van der Waals surface area contributed by atoms with Gasteiger partial charge in [-0.2, -0.15) is 0 Å². The highest BCUT2D eigenvalue weighted by Gasteiger charge is 2.51.